The Morgan fingerprint density at radius 3 is 0.636 bits per heavy atom. The van der Waals surface area contributed by atoms with E-state index in [-0.39, 0.29) is 19.5 Å². The van der Waals surface area contributed by atoms with Crippen molar-refractivity contribution in [1.82, 2.24) is 0 Å². The van der Waals surface area contributed by atoms with Crippen LogP contribution in [-0.2, 0) is 19.5 Å². The molecule has 0 unspecified atom stereocenters. The third-order valence-electron chi connectivity index (χ3n) is 0. The normalized spacial score (nSPS) is 10.9. The van der Waals surface area contributed by atoms with Crippen LogP contribution in [0.25, 0.3) is 0 Å². The van der Waals surface area contributed by atoms with Gasteiger partial charge in [-0.15, -0.1) is 0 Å². The van der Waals surface area contributed by atoms with Crippen LogP contribution in [-0.4, -0.2) is 9.32 Å². The van der Waals surface area contributed by atoms with Crippen LogP contribution in [0.2, 0.25) is 0 Å². The van der Waals surface area contributed by atoms with E-state index in [4.69, 9.17) is 37.3 Å². The van der Waals surface area contributed by atoms with Gasteiger partial charge in [0.05, 0.1) is 29.8 Å². The first-order valence-corrected chi connectivity index (χ1v) is 3.79. The fourth-order valence-corrected chi connectivity index (χ4v) is 0. The fraction of sp³-hybridized carbons (Fsp3) is 0. The van der Waals surface area contributed by atoms with E-state index in [0.717, 1.165) is 0 Å². The monoisotopic (exact) mass is 302 g/mol. The van der Waals surface area contributed by atoms with Gasteiger partial charge >= 0.3 is 19.5 Å². The third-order valence-corrected chi connectivity index (χ3v) is 0. The third kappa shape index (κ3) is 1100. The Morgan fingerprint density at radius 2 is 0.636 bits per heavy atom. The second kappa shape index (κ2) is 6.40. The van der Waals surface area contributed by atoms with Crippen LogP contribution < -0.4 is 28.0 Å². The standard InChI is InChI=1S/2ClHO4.Ru/c2*2-1(3,4)5;/h2*(H,2,3,4,5);/q;;+2. The average Bonchev–Trinajstić information content (AvgIpc) is 1.12. The predicted octanol–water partition coefficient (Wildman–Crippen LogP) is -8.25. The Hall–Kier alpha value is 0.883. The molecule has 0 radical (unpaired) electrons. The zero-order valence-electron chi connectivity index (χ0n) is 4.45. The van der Waals surface area contributed by atoms with Crippen molar-refractivity contribution in [2.75, 3.05) is 0 Å². The maximum Gasteiger partial charge on any atom is 2.00 e. The van der Waals surface area contributed by atoms with Crippen LogP contribution in [0.5, 0.6) is 0 Å². The predicted molar refractivity (Wildman–Crippen MR) is 4.44 cm³/mol. The summed E-state index contributed by atoms with van der Waals surface area (Å²) in [7, 11) is -9.39. The molecule has 0 fully saturated rings. The van der Waals surface area contributed by atoms with Gasteiger partial charge in [-0.25, -0.2) is 0 Å². The van der Waals surface area contributed by atoms with E-state index in [0.29, 0.717) is 0 Å². The molecule has 0 aliphatic carbocycles. The average molecular weight is 302 g/mol. The second-order valence-corrected chi connectivity index (χ2v) is 2.38. The largest absolute Gasteiger partial charge is 2.00 e. The minimum atomic E-state index is -4.69. The van der Waals surface area contributed by atoms with E-state index in [1.54, 1.807) is 0 Å². The molecule has 0 aromatic rings. The van der Waals surface area contributed by atoms with Gasteiger partial charge in [-0.2, -0.15) is 28.0 Å². The number of rotatable bonds is 0. The van der Waals surface area contributed by atoms with Crippen LogP contribution >= 0.6 is 0 Å². The van der Waals surface area contributed by atoms with Gasteiger partial charge in [0, 0.05) is 0 Å². The summed E-state index contributed by atoms with van der Waals surface area (Å²) in [5, 5.41) is 0. The van der Waals surface area contributed by atoms with Crippen molar-refractivity contribution in [3.63, 3.8) is 0 Å². The molecule has 0 saturated heterocycles. The number of hydrogen-bond acceptors (Lipinski definition) is 8. The molecule has 8 nitrogen and oxygen atoms in total. The van der Waals surface area contributed by atoms with Crippen LogP contribution in [0, 0.1) is 20.5 Å². The SMILES string of the molecule is [O-][Cl+3]([O-])([O-])O.[O-][Cl+3]([O-])([O-])O.[Ru+2]. The van der Waals surface area contributed by atoms with Crippen LogP contribution in [0.3, 0.4) is 0 Å². The molecule has 0 spiro atoms. The summed E-state index contributed by atoms with van der Waals surface area (Å²) >= 11 is 0. The van der Waals surface area contributed by atoms with E-state index >= 15 is 0 Å². The van der Waals surface area contributed by atoms with Crippen molar-refractivity contribution in [1.29, 1.82) is 0 Å². The summed E-state index contributed by atoms with van der Waals surface area (Å²) in [6.45, 7) is 0. The Morgan fingerprint density at radius 1 is 0.636 bits per heavy atom. The van der Waals surface area contributed by atoms with Crippen molar-refractivity contribution >= 4 is 0 Å². The zero-order valence-corrected chi connectivity index (χ0v) is 7.70. The summed E-state index contributed by atoms with van der Waals surface area (Å²) in [6.07, 6.45) is 0. The molecule has 0 rings (SSSR count). The molecule has 0 atom stereocenters. The van der Waals surface area contributed by atoms with E-state index in [1.807, 2.05) is 0 Å². The van der Waals surface area contributed by atoms with Crippen molar-refractivity contribution in [2.24, 2.45) is 0 Å². The van der Waals surface area contributed by atoms with Crippen molar-refractivity contribution in [3.05, 3.63) is 0 Å². The van der Waals surface area contributed by atoms with E-state index < -0.39 is 20.5 Å². The molecule has 0 saturated carbocycles. The van der Waals surface area contributed by atoms with E-state index in [1.165, 1.54) is 0 Å². The van der Waals surface area contributed by atoms with Gasteiger partial charge < -0.3 is 0 Å². The Kier molecular flexibility index (Phi) is 10.4. The molecule has 11 heavy (non-hydrogen) atoms. The number of halogens is 2. The summed E-state index contributed by atoms with van der Waals surface area (Å²) in [5.74, 6) is 0. The van der Waals surface area contributed by atoms with Crippen LogP contribution in [0.1, 0.15) is 0 Å². The van der Waals surface area contributed by atoms with Gasteiger partial charge in [0.25, 0.3) is 0 Å². The molecule has 0 bridgehead atoms. The first-order chi connectivity index (χ1) is 4.00. The number of hydrogen-bond donors (Lipinski definition) is 2. The first-order valence-electron chi connectivity index (χ1n) is 1.26. The van der Waals surface area contributed by atoms with Crippen molar-refractivity contribution < 1.29 is 77.2 Å². The Labute approximate surface area is 77.5 Å². The van der Waals surface area contributed by atoms with Crippen molar-refractivity contribution in [3.8, 4) is 0 Å². The zero-order chi connectivity index (χ0) is 9.00. The fourth-order valence-electron chi connectivity index (χ4n) is 0. The van der Waals surface area contributed by atoms with Gasteiger partial charge in [-0.05, 0) is 0 Å². The molecule has 0 aromatic heterocycles. The summed E-state index contributed by atoms with van der Waals surface area (Å²) in [5.41, 5.74) is 0. The van der Waals surface area contributed by atoms with Gasteiger partial charge in [-0.3, -0.25) is 0 Å². The maximum absolute atomic E-state index is 8.60. The van der Waals surface area contributed by atoms with Gasteiger partial charge in [-0.1, -0.05) is 0 Å². The first kappa shape index (κ1) is 17.8. The molecule has 2 N–H and O–H groups in total. The molecular formula is H2Cl2O8Ru+2. The van der Waals surface area contributed by atoms with Gasteiger partial charge in [0.1, 0.15) is 0 Å². The molecule has 70 valence electrons. The molecule has 0 amide bonds. The second-order valence-electron chi connectivity index (χ2n) is 0.792. The minimum Gasteiger partial charge on any atom is -0.183 e. The molecule has 0 aromatic carbocycles. The summed E-state index contributed by atoms with van der Waals surface area (Å²) in [4.78, 5) is 0. The molecular weight excluding hydrogens is 300 g/mol. The Balaban J connectivity index is -0.000000107. The van der Waals surface area contributed by atoms with Gasteiger partial charge in [0.15, 0.2) is 0 Å². The summed E-state index contributed by atoms with van der Waals surface area (Å²) < 4.78 is 65.4. The van der Waals surface area contributed by atoms with E-state index in [2.05, 4.69) is 0 Å². The molecule has 0 heterocycles. The van der Waals surface area contributed by atoms with E-state index in [9.17, 15) is 0 Å². The van der Waals surface area contributed by atoms with Gasteiger partial charge in [0.2, 0.25) is 0 Å². The topological polar surface area (TPSA) is 179 Å². The smallest absolute Gasteiger partial charge is 0.183 e. The van der Waals surface area contributed by atoms with Crippen molar-refractivity contribution in [2.45, 2.75) is 0 Å². The Bertz CT molecular complexity index is 55.1. The minimum absolute atomic E-state index is 0. The van der Waals surface area contributed by atoms with Crippen LogP contribution in [0.4, 0.5) is 0 Å². The quantitative estimate of drug-likeness (QED) is 0.414. The van der Waals surface area contributed by atoms with Crippen LogP contribution in [0.15, 0.2) is 0 Å². The summed E-state index contributed by atoms with van der Waals surface area (Å²) in [6, 6.07) is 0. The molecule has 0 aliphatic heterocycles. The molecule has 0 aliphatic rings. The molecule has 11 heteroatoms. The maximum atomic E-state index is 8.60.